The first kappa shape index (κ1) is 9.41. The third-order valence-corrected chi connectivity index (χ3v) is 4.20. The van der Waals surface area contributed by atoms with Crippen molar-refractivity contribution in [1.29, 1.82) is 0 Å². The second kappa shape index (κ2) is 3.64. The molecule has 1 aromatic rings. The van der Waals surface area contributed by atoms with Crippen LogP contribution in [0.4, 0.5) is 0 Å². The number of rotatable bonds is 2. The zero-order valence-electron chi connectivity index (χ0n) is 9.39. The maximum atomic E-state index is 2.74. The summed E-state index contributed by atoms with van der Waals surface area (Å²) < 4.78 is 0. The van der Waals surface area contributed by atoms with Crippen LogP contribution in [0.2, 0.25) is 0 Å². The SMILES string of the molecule is C[C@@H]1C[C@H]2CC[C@@H]1N2Cc1ccccc1. The van der Waals surface area contributed by atoms with E-state index in [1.807, 2.05) is 0 Å². The maximum absolute atomic E-state index is 2.74. The Bertz CT molecular complexity index is 332. The normalized spacial score (nSPS) is 34.9. The summed E-state index contributed by atoms with van der Waals surface area (Å²) in [5, 5.41) is 0. The fourth-order valence-electron chi connectivity index (χ4n) is 3.46. The Hall–Kier alpha value is -0.820. The van der Waals surface area contributed by atoms with Crippen LogP contribution < -0.4 is 0 Å². The highest BCUT2D eigenvalue weighted by molar-refractivity contribution is 5.16. The van der Waals surface area contributed by atoms with Gasteiger partial charge in [0, 0.05) is 18.6 Å². The monoisotopic (exact) mass is 201 g/mol. The topological polar surface area (TPSA) is 3.24 Å². The van der Waals surface area contributed by atoms with E-state index in [4.69, 9.17) is 0 Å². The van der Waals surface area contributed by atoms with Gasteiger partial charge in [-0.3, -0.25) is 4.90 Å². The minimum Gasteiger partial charge on any atom is -0.293 e. The highest BCUT2D eigenvalue weighted by atomic mass is 15.2. The summed E-state index contributed by atoms with van der Waals surface area (Å²) in [6.07, 6.45) is 4.29. The van der Waals surface area contributed by atoms with Crippen molar-refractivity contribution in [2.45, 2.75) is 44.8 Å². The molecule has 0 saturated carbocycles. The van der Waals surface area contributed by atoms with Crippen LogP contribution in [0.25, 0.3) is 0 Å². The Balaban J connectivity index is 1.75. The summed E-state index contributed by atoms with van der Waals surface area (Å²) in [6, 6.07) is 12.7. The molecule has 15 heavy (non-hydrogen) atoms. The number of hydrogen-bond acceptors (Lipinski definition) is 1. The molecule has 0 aromatic heterocycles. The lowest BCUT2D eigenvalue weighted by atomic mass is 9.91. The summed E-state index contributed by atoms with van der Waals surface area (Å²) in [7, 11) is 0. The second-order valence-corrected chi connectivity index (χ2v) is 5.17. The van der Waals surface area contributed by atoms with Gasteiger partial charge in [-0.2, -0.15) is 0 Å². The van der Waals surface area contributed by atoms with Gasteiger partial charge in [-0.25, -0.2) is 0 Å². The van der Waals surface area contributed by atoms with Gasteiger partial charge in [-0.1, -0.05) is 37.3 Å². The van der Waals surface area contributed by atoms with E-state index in [9.17, 15) is 0 Å². The van der Waals surface area contributed by atoms with Crippen LogP contribution in [0, 0.1) is 5.92 Å². The van der Waals surface area contributed by atoms with Gasteiger partial charge >= 0.3 is 0 Å². The third-order valence-electron chi connectivity index (χ3n) is 4.20. The molecule has 0 unspecified atom stereocenters. The lowest BCUT2D eigenvalue weighted by Crippen LogP contribution is -2.29. The Labute approximate surface area is 92.1 Å². The van der Waals surface area contributed by atoms with Crippen molar-refractivity contribution < 1.29 is 0 Å². The molecule has 80 valence electrons. The number of nitrogens with zero attached hydrogens (tertiary/aromatic N) is 1. The molecule has 2 aliphatic rings. The maximum Gasteiger partial charge on any atom is 0.0239 e. The minimum atomic E-state index is 0.871. The van der Waals surface area contributed by atoms with Gasteiger partial charge in [-0.05, 0) is 30.7 Å². The summed E-state index contributed by atoms with van der Waals surface area (Å²) in [6.45, 7) is 3.59. The molecular weight excluding hydrogens is 182 g/mol. The molecule has 3 atom stereocenters. The van der Waals surface area contributed by atoms with Crippen LogP contribution >= 0.6 is 0 Å². The summed E-state index contributed by atoms with van der Waals surface area (Å²) in [4.78, 5) is 2.74. The predicted molar refractivity (Wildman–Crippen MR) is 62.6 cm³/mol. The first-order chi connectivity index (χ1) is 7.34. The molecule has 1 nitrogen and oxygen atoms in total. The van der Waals surface area contributed by atoms with Gasteiger partial charge in [0.1, 0.15) is 0 Å². The molecule has 0 aliphatic carbocycles. The average Bonchev–Trinajstić information content (AvgIpc) is 2.76. The van der Waals surface area contributed by atoms with Crippen molar-refractivity contribution in [3.8, 4) is 0 Å². The highest BCUT2D eigenvalue weighted by Gasteiger charge is 2.43. The Morgan fingerprint density at radius 3 is 2.60 bits per heavy atom. The first-order valence-electron chi connectivity index (χ1n) is 6.14. The molecular formula is C14H19N. The molecule has 2 heterocycles. The van der Waals surface area contributed by atoms with Crippen LogP contribution in [0.5, 0.6) is 0 Å². The zero-order chi connectivity index (χ0) is 10.3. The van der Waals surface area contributed by atoms with Gasteiger partial charge < -0.3 is 0 Å². The number of hydrogen-bond donors (Lipinski definition) is 0. The Morgan fingerprint density at radius 1 is 1.20 bits per heavy atom. The lowest BCUT2D eigenvalue weighted by Gasteiger charge is -2.22. The first-order valence-corrected chi connectivity index (χ1v) is 6.14. The summed E-state index contributed by atoms with van der Waals surface area (Å²) >= 11 is 0. The smallest absolute Gasteiger partial charge is 0.0239 e. The molecule has 0 N–H and O–H groups in total. The fourth-order valence-corrected chi connectivity index (χ4v) is 3.46. The molecule has 0 radical (unpaired) electrons. The van der Waals surface area contributed by atoms with Gasteiger partial charge in [0.05, 0.1) is 0 Å². The molecule has 2 saturated heterocycles. The third kappa shape index (κ3) is 1.59. The van der Waals surface area contributed by atoms with Gasteiger partial charge in [0.15, 0.2) is 0 Å². The number of fused-ring (bicyclic) bond motifs is 2. The van der Waals surface area contributed by atoms with Crippen LogP contribution in [-0.4, -0.2) is 17.0 Å². The molecule has 2 bridgehead atoms. The molecule has 3 rings (SSSR count). The van der Waals surface area contributed by atoms with Gasteiger partial charge in [0.2, 0.25) is 0 Å². The van der Waals surface area contributed by atoms with Crippen molar-refractivity contribution in [1.82, 2.24) is 4.90 Å². The van der Waals surface area contributed by atoms with Crippen molar-refractivity contribution in [3.63, 3.8) is 0 Å². The molecule has 2 aliphatic heterocycles. The number of benzene rings is 1. The van der Waals surface area contributed by atoms with Gasteiger partial charge in [-0.15, -0.1) is 0 Å². The zero-order valence-corrected chi connectivity index (χ0v) is 9.39. The average molecular weight is 201 g/mol. The molecule has 0 amide bonds. The highest BCUT2D eigenvalue weighted by Crippen LogP contribution is 2.42. The van der Waals surface area contributed by atoms with E-state index in [0.717, 1.165) is 18.0 Å². The Kier molecular flexibility index (Phi) is 2.28. The van der Waals surface area contributed by atoms with Crippen molar-refractivity contribution in [2.24, 2.45) is 5.92 Å². The lowest BCUT2D eigenvalue weighted by molar-refractivity contribution is 0.231. The van der Waals surface area contributed by atoms with E-state index in [1.165, 1.54) is 31.4 Å². The van der Waals surface area contributed by atoms with Crippen molar-refractivity contribution in [2.75, 3.05) is 0 Å². The van der Waals surface area contributed by atoms with Crippen LogP contribution in [0.1, 0.15) is 31.7 Å². The Morgan fingerprint density at radius 2 is 2.00 bits per heavy atom. The molecule has 0 spiro atoms. The standard InChI is InChI=1S/C14H19N/c1-11-9-13-7-8-14(11)15(13)10-12-5-3-2-4-6-12/h2-6,11,13-14H,7-10H2,1H3/t11-,13-,14+/m1/s1. The predicted octanol–water partition coefficient (Wildman–Crippen LogP) is 3.06. The van der Waals surface area contributed by atoms with Gasteiger partial charge in [0.25, 0.3) is 0 Å². The molecule has 2 fully saturated rings. The van der Waals surface area contributed by atoms with Crippen LogP contribution in [0.3, 0.4) is 0 Å². The van der Waals surface area contributed by atoms with Crippen LogP contribution in [-0.2, 0) is 6.54 Å². The molecule has 1 aromatic carbocycles. The van der Waals surface area contributed by atoms with E-state index in [2.05, 4.69) is 42.2 Å². The largest absolute Gasteiger partial charge is 0.293 e. The van der Waals surface area contributed by atoms with E-state index >= 15 is 0 Å². The quantitative estimate of drug-likeness (QED) is 0.711. The van der Waals surface area contributed by atoms with Crippen LogP contribution in [0.15, 0.2) is 30.3 Å². The summed E-state index contributed by atoms with van der Waals surface area (Å²) in [5.74, 6) is 0.924. The minimum absolute atomic E-state index is 0.871. The fraction of sp³-hybridized carbons (Fsp3) is 0.571. The van der Waals surface area contributed by atoms with E-state index in [1.54, 1.807) is 0 Å². The van der Waals surface area contributed by atoms with E-state index < -0.39 is 0 Å². The van der Waals surface area contributed by atoms with Crippen molar-refractivity contribution >= 4 is 0 Å². The molecule has 1 heteroatoms. The summed E-state index contributed by atoms with van der Waals surface area (Å²) in [5.41, 5.74) is 1.48. The van der Waals surface area contributed by atoms with E-state index in [0.29, 0.717) is 0 Å². The van der Waals surface area contributed by atoms with E-state index in [-0.39, 0.29) is 0 Å². The second-order valence-electron chi connectivity index (χ2n) is 5.17. The van der Waals surface area contributed by atoms with Crippen molar-refractivity contribution in [3.05, 3.63) is 35.9 Å².